The van der Waals surface area contributed by atoms with Crippen molar-refractivity contribution < 1.29 is 9.36 Å². The van der Waals surface area contributed by atoms with E-state index < -0.39 is 0 Å². The lowest BCUT2D eigenvalue weighted by Crippen LogP contribution is -2.31. The van der Waals surface area contributed by atoms with Crippen LogP contribution in [0.2, 0.25) is 0 Å². The molecule has 3 aromatic rings. The summed E-state index contributed by atoms with van der Waals surface area (Å²) in [5, 5.41) is 20.6. The average molecular weight is 354 g/mol. The highest BCUT2D eigenvalue weighted by molar-refractivity contribution is 6.24. The number of allylic oxidation sites excluding steroid dienone is 3. The van der Waals surface area contributed by atoms with E-state index in [9.17, 15) is 4.79 Å². The molecule has 0 unspecified atom stereocenters. The number of aromatic nitrogens is 3. The van der Waals surface area contributed by atoms with Gasteiger partial charge in [-0.05, 0) is 11.4 Å². The van der Waals surface area contributed by atoms with Gasteiger partial charge in [0, 0.05) is 16.7 Å². The summed E-state index contributed by atoms with van der Waals surface area (Å²) in [5.41, 5.74) is 1.68. The number of benzene rings is 2. The van der Waals surface area contributed by atoms with Crippen LogP contribution < -0.4 is 4.57 Å². The number of rotatable bonds is 6. The van der Waals surface area contributed by atoms with Crippen LogP contribution in [0.15, 0.2) is 85.0 Å². The van der Waals surface area contributed by atoms with Gasteiger partial charge in [-0.25, -0.2) is 4.57 Å². The fraction of sp³-hybridized carbons (Fsp3) is 0.0476. The van der Waals surface area contributed by atoms with E-state index in [4.69, 9.17) is 10.7 Å². The topological polar surface area (TPSA) is 86.4 Å². The number of ketones is 1. The molecule has 1 N–H and O–H groups in total. The molecule has 0 aliphatic heterocycles. The van der Waals surface area contributed by atoms with Crippen LogP contribution in [-0.4, -0.2) is 21.4 Å². The van der Waals surface area contributed by atoms with Crippen molar-refractivity contribution in [1.82, 2.24) is 9.78 Å². The fourth-order valence-corrected chi connectivity index (χ4v) is 2.53. The van der Waals surface area contributed by atoms with E-state index in [-0.39, 0.29) is 17.1 Å². The monoisotopic (exact) mass is 354 g/mol. The molecule has 0 amide bonds. The van der Waals surface area contributed by atoms with Gasteiger partial charge >= 0.3 is 0 Å². The van der Waals surface area contributed by atoms with Crippen molar-refractivity contribution in [2.45, 2.75) is 6.54 Å². The summed E-state index contributed by atoms with van der Waals surface area (Å²) < 4.78 is 3.24. The average Bonchev–Trinajstić information content (AvgIpc) is 3.18. The van der Waals surface area contributed by atoms with Gasteiger partial charge in [-0.2, -0.15) is 5.26 Å². The van der Waals surface area contributed by atoms with Gasteiger partial charge in [0.2, 0.25) is 12.1 Å². The third kappa shape index (κ3) is 4.31. The summed E-state index contributed by atoms with van der Waals surface area (Å²) in [6.07, 6.45) is 4.61. The molecule has 0 fully saturated rings. The third-order valence-electron chi connectivity index (χ3n) is 3.84. The Kier molecular flexibility index (Phi) is 5.48. The lowest BCUT2D eigenvalue weighted by molar-refractivity contribution is -0.688. The van der Waals surface area contributed by atoms with Gasteiger partial charge < -0.3 is 0 Å². The Balaban J connectivity index is 1.98. The lowest BCUT2D eigenvalue weighted by atomic mass is 10.1. The molecule has 2 aromatic carbocycles. The molecule has 6 heteroatoms. The van der Waals surface area contributed by atoms with E-state index in [1.807, 2.05) is 52.9 Å². The molecule has 0 radical (unpaired) electrons. The molecule has 130 valence electrons. The quantitative estimate of drug-likeness (QED) is 0.184. The number of nitrogens with one attached hydrogen (secondary N) is 1. The Morgan fingerprint density at radius 2 is 1.81 bits per heavy atom. The third-order valence-corrected chi connectivity index (χ3v) is 3.84. The summed E-state index contributed by atoms with van der Waals surface area (Å²) in [7, 11) is 0. The molecule has 3 rings (SSSR count). The highest BCUT2D eigenvalue weighted by Gasteiger charge is 2.22. The zero-order valence-electron chi connectivity index (χ0n) is 14.4. The number of nitrogens with zero attached hydrogens (tertiary/aromatic N) is 4. The van der Waals surface area contributed by atoms with Crippen molar-refractivity contribution in [3.8, 4) is 6.07 Å². The highest BCUT2D eigenvalue weighted by atomic mass is 16.1. The van der Waals surface area contributed by atoms with Crippen LogP contribution in [0.3, 0.4) is 0 Å². The van der Waals surface area contributed by atoms with Gasteiger partial charge in [-0.15, -0.1) is 0 Å². The molecule has 1 heterocycles. The predicted octanol–water partition coefficient (Wildman–Crippen LogP) is 2.64. The molecule has 0 aliphatic rings. The molecule has 0 aliphatic carbocycles. The predicted molar refractivity (Wildman–Crippen MR) is 99.9 cm³/mol. The van der Waals surface area contributed by atoms with Gasteiger partial charge in [0.05, 0.1) is 6.54 Å². The minimum absolute atomic E-state index is 0.0561. The molecule has 0 atom stereocenters. The number of carbonyl (C=O) groups is 1. The first-order valence-electron chi connectivity index (χ1n) is 8.20. The zero-order chi connectivity index (χ0) is 19.1. The van der Waals surface area contributed by atoms with Crippen LogP contribution in [-0.2, 0) is 6.54 Å². The second-order valence-electron chi connectivity index (χ2n) is 5.72. The minimum atomic E-state index is -0.298. The fourth-order valence-electron chi connectivity index (χ4n) is 2.53. The molecular weight excluding hydrogens is 338 g/mol. The van der Waals surface area contributed by atoms with E-state index in [1.54, 1.807) is 36.9 Å². The highest BCUT2D eigenvalue weighted by Crippen LogP contribution is 2.14. The molecule has 0 spiro atoms. The first kappa shape index (κ1) is 17.7. The van der Waals surface area contributed by atoms with Crippen molar-refractivity contribution in [2.24, 2.45) is 0 Å². The molecular formula is C21H16N5O+. The van der Waals surface area contributed by atoms with Crippen molar-refractivity contribution in [3.63, 3.8) is 0 Å². The van der Waals surface area contributed by atoms with Crippen molar-refractivity contribution >= 4 is 17.4 Å². The van der Waals surface area contributed by atoms with Crippen LogP contribution in [0.25, 0.3) is 5.70 Å². The first-order chi connectivity index (χ1) is 13.2. The normalized spacial score (nSPS) is 10.7. The first-order valence-corrected chi connectivity index (χ1v) is 8.20. The summed E-state index contributed by atoms with van der Waals surface area (Å²) in [6.45, 7) is 0.596. The number of nitriles is 1. The Bertz CT molecular complexity index is 1070. The van der Waals surface area contributed by atoms with Crippen LogP contribution in [0, 0.1) is 16.7 Å². The van der Waals surface area contributed by atoms with Crippen LogP contribution >= 0.6 is 0 Å². The van der Waals surface area contributed by atoms with Gasteiger partial charge in [-0.3, -0.25) is 10.2 Å². The van der Waals surface area contributed by atoms with E-state index in [0.29, 0.717) is 12.1 Å². The van der Waals surface area contributed by atoms with Gasteiger partial charge in [0.15, 0.2) is 5.70 Å². The van der Waals surface area contributed by atoms with Crippen molar-refractivity contribution in [1.29, 1.82) is 10.7 Å². The molecule has 1 aromatic heterocycles. The molecule has 0 saturated carbocycles. The number of hydrogen-bond acceptors (Lipinski definition) is 4. The Morgan fingerprint density at radius 3 is 2.44 bits per heavy atom. The van der Waals surface area contributed by atoms with E-state index in [0.717, 1.165) is 5.56 Å². The lowest BCUT2D eigenvalue weighted by Gasteiger charge is -2.01. The number of hydrogen-bond donors (Lipinski definition) is 1. The van der Waals surface area contributed by atoms with Gasteiger partial charge in [0.25, 0.3) is 6.33 Å². The van der Waals surface area contributed by atoms with Crippen LogP contribution in [0.1, 0.15) is 15.9 Å². The maximum atomic E-state index is 12.9. The minimum Gasteiger partial charge on any atom is -0.285 e. The van der Waals surface area contributed by atoms with Gasteiger partial charge in [-0.1, -0.05) is 65.3 Å². The Labute approximate surface area is 156 Å². The standard InChI is InChI=1S/C21H16N5O/c22-12-18(13-23)11-20(21(27)19-9-5-2-6-10-19)26-16-25(15-24-26)14-17-7-3-1-4-8-17/h1-11,15-16,22H,14H2/q+1/b20-11-. The summed E-state index contributed by atoms with van der Waals surface area (Å²) in [4.78, 5) is 12.9. The summed E-state index contributed by atoms with van der Waals surface area (Å²) in [6, 6.07) is 20.4. The summed E-state index contributed by atoms with van der Waals surface area (Å²) in [5.74, 6) is 1.74. The van der Waals surface area contributed by atoms with E-state index >= 15 is 0 Å². The maximum absolute atomic E-state index is 12.9. The van der Waals surface area contributed by atoms with Crippen molar-refractivity contribution in [2.75, 3.05) is 0 Å². The van der Waals surface area contributed by atoms with Crippen molar-refractivity contribution in [3.05, 3.63) is 96.1 Å². The number of Topliss-reactive ketones (excluding diaryl/α,β-unsaturated/α-hetero) is 1. The second kappa shape index (κ2) is 8.34. The molecule has 6 nitrogen and oxygen atoms in total. The van der Waals surface area contributed by atoms with Crippen LogP contribution in [0.4, 0.5) is 0 Å². The second-order valence-corrected chi connectivity index (χ2v) is 5.72. The smallest absolute Gasteiger partial charge is 0.265 e. The van der Waals surface area contributed by atoms with Gasteiger partial charge in [0.1, 0.15) is 11.6 Å². The Morgan fingerprint density at radius 1 is 1.15 bits per heavy atom. The molecule has 27 heavy (non-hydrogen) atoms. The number of carbonyl (C=O) groups excluding carboxylic acids is 1. The van der Waals surface area contributed by atoms with E-state index in [1.165, 1.54) is 10.8 Å². The summed E-state index contributed by atoms with van der Waals surface area (Å²) >= 11 is 0. The van der Waals surface area contributed by atoms with E-state index in [2.05, 4.69) is 5.10 Å². The molecule has 0 bridgehead atoms. The molecule has 0 saturated heterocycles. The van der Waals surface area contributed by atoms with Crippen LogP contribution in [0.5, 0.6) is 0 Å². The SMILES string of the molecule is N#CC(=C=N)/C=C(/C(=O)c1ccccc1)n1c[n+](Cc2ccccc2)cn1. The largest absolute Gasteiger partial charge is 0.285 e. The maximum Gasteiger partial charge on any atom is 0.265 e. The zero-order valence-corrected chi connectivity index (χ0v) is 14.4. The Hall–Kier alpha value is -4.07.